The van der Waals surface area contributed by atoms with Crippen molar-refractivity contribution in [3.8, 4) is 0 Å². The molecule has 0 aliphatic carbocycles. The molecule has 0 atom stereocenters. The normalized spacial score (nSPS) is 10.0. The van der Waals surface area contributed by atoms with Crippen molar-refractivity contribution in [3.05, 3.63) is 0 Å². The van der Waals surface area contributed by atoms with Crippen molar-refractivity contribution in [2.24, 2.45) is 0 Å². The Balaban J connectivity index is 3.14. The number of ether oxygens (including phenoxy) is 1. The zero-order valence-electron chi connectivity index (χ0n) is 8.02. The largest absolute Gasteiger partial charge is 0.377 e. The lowest BCUT2D eigenvalue weighted by molar-refractivity contribution is 0.0830. The molecule has 2 N–H and O–H groups in total. The van der Waals surface area contributed by atoms with Gasteiger partial charge in [0.15, 0.2) is 5.11 Å². The van der Waals surface area contributed by atoms with Gasteiger partial charge in [0.1, 0.15) is 0 Å². The summed E-state index contributed by atoms with van der Waals surface area (Å²) in [6.45, 7) is 8.37. The monoisotopic (exact) mass is 190 g/mol. The fourth-order valence-corrected chi connectivity index (χ4v) is 0.929. The third-order valence-corrected chi connectivity index (χ3v) is 1.46. The predicted molar refractivity (Wildman–Crippen MR) is 55.4 cm³/mol. The quantitative estimate of drug-likeness (QED) is 0.498. The van der Waals surface area contributed by atoms with Gasteiger partial charge in [-0.15, -0.1) is 0 Å². The molecular formula is C8H18N2OS. The van der Waals surface area contributed by atoms with E-state index < -0.39 is 0 Å². The van der Waals surface area contributed by atoms with Crippen molar-refractivity contribution in [1.82, 2.24) is 10.6 Å². The minimum absolute atomic E-state index is 0.291. The molecule has 0 aromatic rings. The van der Waals surface area contributed by atoms with Crippen LogP contribution in [0.3, 0.4) is 0 Å². The van der Waals surface area contributed by atoms with E-state index in [9.17, 15) is 0 Å². The number of thiocarbonyl (C=S) groups is 1. The van der Waals surface area contributed by atoms with E-state index in [-0.39, 0.29) is 0 Å². The highest BCUT2D eigenvalue weighted by molar-refractivity contribution is 7.80. The molecule has 0 rings (SSSR count). The van der Waals surface area contributed by atoms with Crippen molar-refractivity contribution in [3.63, 3.8) is 0 Å². The summed E-state index contributed by atoms with van der Waals surface area (Å²) in [6, 6.07) is 0. The molecule has 0 unspecified atom stereocenters. The molecule has 0 aromatic heterocycles. The Morgan fingerprint density at radius 2 is 2.08 bits per heavy atom. The molecule has 4 heteroatoms. The second-order valence-corrected chi connectivity index (χ2v) is 3.11. The maximum Gasteiger partial charge on any atom is 0.166 e. The standard InChI is InChI=1S/C8H18N2OS/c1-4-9-8(12)10-5-6-11-7(2)3/h7H,4-6H2,1-3H3,(H2,9,10,12). The van der Waals surface area contributed by atoms with Crippen LogP contribution in [0.5, 0.6) is 0 Å². The van der Waals surface area contributed by atoms with E-state index in [1.165, 1.54) is 0 Å². The second-order valence-electron chi connectivity index (χ2n) is 2.71. The van der Waals surface area contributed by atoms with Crippen molar-refractivity contribution in [1.29, 1.82) is 0 Å². The second kappa shape index (κ2) is 7.31. The summed E-state index contributed by atoms with van der Waals surface area (Å²) in [6.07, 6.45) is 0.291. The molecule has 0 fully saturated rings. The van der Waals surface area contributed by atoms with Crippen molar-refractivity contribution < 1.29 is 4.74 Å². The average molecular weight is 190 g/mol. The summed E-state index contributed by atoms with van der Waals surface area (Å²) in [4.78, 5) is 0. The van der Waals surface area contributed by atoms with Gasteiger partial charge in [-0.2, -0.15) is 0 Å². The van der Waals surface area contributed by atoms with Crippen LogP contribution < -0.4 is 10.6 Å². The van der Waals surface area contributed by atoms with Gasteiger partial charge in [0, 0.05) is 13.1 Å². The maximum absolute atomic E-state index is 5.32. The molecule has 3 nitrogen and oxygen atoms in total. The van der Waals surface area contributed by atoms with Gasteiger partial charge >= 0.3 is 0 Å². The van der Waals surface area contributed by atoms with E-state index in [2.05, 4.69) is 10.6 Å². The van der Waals surface area contributed by atoms with Crippen LogP contribution in [0.2, 0.25) is 0 Å². The van der Waals surface area contributed by atoms with Gasteiger partial charge in [0.25, 0.3) is 0 Å². The first-order valence-electron chi connectivity index (χ1n) is 4.30. The van der Waals surface area contributed by atoms with Gasteiger partial charge < -0.3 is 15.4 Å². The lowest BCUT2D eigenvalue weighted by Crippen LogP contribution is -2.37. The SMILES string of the molecule is CCNC(=S)NCCOC(C)C. The van der Waals surface area contributed by atoms with E-state index in [0.29, 0.717) is 17.8 Å². The zero-order valence-corrected chi connectivity index (χ0v) is 8.83. The molecule has 0 heterocycles. The summed E-state index contributed by atoms with van der Waals surface area (Å²) in [5, 5.41) is 6.73. The zero-order chi connectivity index (χ0) is 9.40. The van der Waals surface area contributed by atoms with Gasteiger partial charge in [-0.05, 0) is 33.0 Å². The van der Waals surface area contributed by atoms with E-state index in [0.717, 1.165) is 13.1 Å². The first-order chi connectivity index (χ1) is 5.66. The Bertz CT molecular complexity index is 128. The minimum atomic E-state index is 0.291. The molecule has 0 amide bonds. The van der Waals surface area contributed by atoms with Crippen molar-refractivity contribution in [2.45, 2.75) is 26.9 Å². The van der Waals surface area contributed by atoms with Crippen LogP contribution in [0.25, 0.3) is 0 Å². The van der Waals surface area contributed by atoms with E-state index >= 15 is 0 Å². The molecule has 12 heavy (non-hydrogen) atoms. The van der Waals surface area contributed by atoms with Crippen LogP contribution >= 0.6 is 12.2 Å². The lowest BCUT2D eigenvalue weighted by atomic mass is 10.5. The molecular weight excluding hydrogens is 172 g/mol. The highest BCUT2D eigenvalue weighted by Gasteiger charge is 1.94. The number of rotatable bonds is 5. The molecule has 0 aliphatic rings. The Labute approximate surface area is 79.9 Å². The highest BCUT2D eigenvalue weighted by atomic mass is 32.1. The van der Waals surface area contributed by atoms with Crippen LogP contribution in [-0.2, 0) is 4.74 Å². The number of hydrogen-bond acceptors (Lipinski definition) is 2. The Morgan fingerprint density at radius 1 is 1.42 bits per heavy atom. The summed E-state index contributed by atoms with van der Waals surface area (Å²) in [5.41, 5.74) is 0. The third kappa shape index (κ3) is 7.75. The average Bonchev–Trinajstić information content (AvgIpc) is 1.98. The van der Waals surface area contributed by atoms with Crippen molar-refractivity contribution in [2.75, 3.05) is 19.7 Å². The smallest absolute Gasteiger partial charge is 0.166 e. The van der Waals surface area contributed by atoms with Gasteiger partial charge in [-0.1, -0.05) is 0 Å². The Hall–Kier alpha value is -0.350. The summed E-state index contributed by atoms with van der Waals surface area (Å²) in [7, 11) is 0. The predicted octanol–water partition coefficient (Wildman–Crippen LogP) is 0.895. The van der Waals surface area contributed by atoms with E-state index in [4.69, 9.17) is 17.0 Å². The first-order valence-corrected chi connectivity index (χ1v) is 4.71. The van der Waals surface area contributed by atoms with Crippen LogP contribution in [0.1, 0.15) is 20.8 Å². The molecule has 0 saturated carbocycles. The molecule has 0 aromatic carbocycles. The van der Waals surface area contributed by atoms with Crippen LogP contribution in [-0.4, -0.2) is 30.9 Å². The minimum Gasteiger partial charge on any atom is -0.377 e. The highest BCUT2D eigenvalue weighted by Crippen LogP contribution is 1.84. The Kier molecular flexibility index (Phi) is 7.09. The van der Waals surface area contributed by atoms with E-state index in [1.54, 1.807) is 0 Å². The molecule has 0 spiro atoms. The first kappa shape index (κ1) is 11.6. The van der Waals surface area contributed by atoms with Gasteiger partial charge in [-0.25, -0.2) is 0 Å². The third-order valence-electron chi connectivity index (χ3n) is 1.18. The molecule has 0 bridgehead atoms. The summed E-state index contributed by atoms with van der Waals surface area (Å²) in [5.74, 6) is 0. The number of hydrogen-bond donors (Lipinski definition) is 2. The van der Waals surface area contributed by atoms with Gasteiger partial charge in [-0.3, -0.25) is 0 Å². The van der Waals surface area contributed by atoms with Crippen LogP contribution in [0, 0.1) is 0 Å². The molecule has 72 valence electrons. The van der Waals surface area contributed by atoms with Crippen molar-refractivity contribution >= 4 is 17.3 Å². The molecule has 0 saturated heterocycles. The number of nitrogens with one attached hydrogen (secondary N) is 2. The van der Waals surface area contributed by atoms with Gasteiger partial charge in [0.05, 0.1) is 12.7 Å². The lowest BCUT2D eigenvalue weighted by Gasteiger charge is -2.10. The maximum atomic E-state index is 5.32. The van der Waals surface area contributed by atoms with Crippen LogP contribution in [0.15, 0.2) is 0 Å². The van der Waals surface area contributed by atoms with E-state index in [1.807, 2.05) is 20.8 Å². The fourth-order valence-electron chi connectivity index (χ4n) is 0.682. The Morgan fingerprint density at radius 3 is 2.58 bits per heavy atom. The van der Waals surface area contributed by atoms with Gasteiger partial charge in [0.2, 0.25) is 0 Å². The molecule has 0 aliphatic heterocycles. The summed E-state index contributed by atoms with van der Waals surface area (Å²) >= 11 is 4.95. The fraction of sp³-hybridized carbons (Fsp3) is 0.875. The summed E-state index contributed by atoms with van der Waals surface area (Å²) < 4.78 is 5.32. The van der Waals surface area contributed by atoms with Crippen LogP contribution in [0.4, 0.5) is 0 Å². The topological polar surface area (TPSA) is 33.3 Å². The molecule has 0 radical (unpaired) electrons.